The van der Waals surface area contributed by atoms with Crippen molar-refractivity contribution in [3.8, 4) is 11.3 Å². The van der Waals surface area contributed by atoms with Crippen LogP contribution in [0, 0.1) is 6.92 Å². The molecule has 2 aromatic rings. The molecule has 0 aromatic carbocycles. The van der Waals surface area contributed by atoms with E-state index in [0.29, 0.717) is 6.61 Å². The van der Waals surface area contributed by atoms with Crippen LogP contribution in [0.15, 0.2) is 17.6 Å². The lowest BCUT2D eigenvalue weighted by Crippen LogP contribution is -2.62. The zero-order valence-electron chi connectivity index (χ0n) is 12.8. The molecule has 5 nitrogen and oxygen atoms in total. The van der Waals surface area contributed by atoms with Gasteiger partial charge in [0.2, 0.25) is 0 Å². The predicted molar refractivity (Wildman–Crippen MR) is 85.1 cm³/mol. The van der Waals surface area contributed by atoms with Crippen LogP contribution in [0.2, 0.25) is 0 Å². The second-order valence-electron chi connectivity index (χ2n) is 6.21. The number of hydrogen-bond acceptors (Lipinski definition) is 4. The van der Waals surface area contributed by atoms with Crippen LogP contribution >= 0.6 is 11.3 Å². The highest BCUT2D eigenvalue weighted by Crippen LogP contribution is 2.39. The van der Waals surface area contributed by atoms with Gasteiger partial charge in [-0.15, -0.1) is 11.3 Å². The normalized spacial score (nSPS) is 24.0. The fourth-order valence-electron chi connectivity index (χ4n) is 3.41. The van der Waals surface area contributed by atoms with Crippen molar-refractivity contribution in [1.82, 2.24) is 14.5 Å². The Morgan fingerprint density at radius 1 is 1.45 bits per heavy atom. The number of aryl methyl sites for hydroxylation is 2. The third kappa shape index (κ3) is 2.01. The van der Waals surface area contributed by atoms with E-state index < -0.39 is 0 Å². The molecular formula is C16H19N3O2S. The number of amides is 1. The quantitative estimate of drug-likeness (QED) is 0.855. The molecule has 2 aliphatic heterocycles. The van der Waals surface area contributed by atoms with Crippen molar-refractivity contribution < 1.29 is 9.53 Å². The van der Waals surface area contributed by atoms with Gasteiger partial charge in [0.25, 0.3) is 5.91 Å². The van der Waals surface area contributed by atoms with Gasteiger partial charge in [0.05, 0.1) is 22.8 Å². The highest BCUT2D eigenvalue weighted by molar-refractivity contribution is 7.09. The summed E-state index contributed by atoms with van der Waals surface area (Å²) in [5, 5.41) is 3.08. The fourth-order valence-corrected chi connectivity index (χ4v) is 4.04. The van der Waals surface area contributed by atoms with Crippen LogP contribution in [0.3, 0.4) is 0 Å². The molecule has 2 saturated heterocycles. The van der Waals surface area contributed by atoms with Gasteiger partial charge in [-0.05, 0) is 25.8 Å². The molecule has 0 aliphatic carbocycles. The minimum Gasteiger partial charge on any atom is -0.379 e. The Balaban J connectivity index is 1.63. The van der Waals surface area contributed by atoms with Crippen LogP contribution in [0.1, 0.15) is 28.3 Å². The van der Waals surface area contributed by atoms with Crippen LogP contribution in [0.5, 0.6) is 0 Å². The Morgan fingerprint density at radius 2 is 2.32 bits per heavy atom. The summed E-state index contributed by atoms with van der Waals surface area (Å²) in [6, 6.07) is 1.96. The molecule has 1 amide bonds. The lowest BCUT2D eigenvalue weighted by atomic mass is 9.83. The predicted octanol–water partition coefficient (Wildman–Crippen LogP) is 2.46. The lowest BCUT2D eigenvalue weighted by molar-refractivity contribution is -0.00864. The summed E-state index contributed by atoms with van der Waals surface area (Å²) in [6.07, 6.45) is 4.00. The molecule has 4 heterocycles. The molecule has 6 heteroatoms. The standard InChI is InChI=1S/C16H19N3O2S/c1-11-17-13(9-22-11)12-7-14(18(2)8-12)15(20)19-5-3-16(19)4-6-21-10-16/h7-9H,3-6,10H2,1-2H3. The molecule has 116 valence electrons. The number of likely N-dealkylation sites (tertiary alicyclic amines) is 1. The third-order valence-corrected chi connectivity index (χ3v) is 5.61. The third-order valence-electron chi connectivity index (χ3n) is 4.84. The Hall–Kier alpha value is -1.66. The van der Waals surface area contributed by atoms with Crippen LogP contribution in [0.4, 0.5) is 0 Å². The van der Waals surface area contributed by atoms with Crippen LogP contribution in [-0.2, 0) is 11.8 Å². The van der Waals surface area contributed by atoms with Crippen molar-refractivity contribution in [1.29, 1.82) is 0 Å². The van der Waals surface area contributed by atoms with E-state index in [-0.39, 0.29) is 11.4 Å². The number of hydrogen-bond donors (Lipinski definition) is 0. The summed E-state index contributed by atoms with van der Waals surface area (Å²) >= 11 is 1.63. The van der Waals surface area contributed by atoms with Crippen molar-refractivity contribution in [2.75, 3.05) is 19.8 Å². The number of ether oxygens (including phenoxy) is 1. The number of carbonyl (C=O) groups is 1. The summed E-state index contributed by atoms with van der Waals surface area (Å²) in [4.78, 5) is 19.4. The van der Waals surface area contributed by atoms with Gasteiger partial charge in [-0.3, -0.25) is 4.79 Å². The molecule has 1 unspecified atom stereocenters. The number of nitrogens with zero attached hydrogens (tertiary/aromatic N) is 3. The van der Waals surface area contributed by atoms with Crippen molar-refractivity contribution in [2.24, 2.45) is 7.05 Å². The summed E-state index contributed by atoms with van der Waals surface area (Å²) in [7, 11) is 1.92. The van der Waals surface area contributed by atoms with Gasteiger partial charge in [0.15, 0.2) is 0 Å². The highest BCUT2D eigenvalue weighted by atomic mass is 32.1. The maximum absolute atomic E-state index is 12.9. The van der Waals surface area contributed by atoms with Crippen LogP contribution in [0.25, 0.3) is 11.3 Å². The van der Waals surface area contributed by atoms with Crippen LogP contribution < -0.4 is 0 Å². The minimum absolute atomic E-state index is 0.0429. The first-order chi connectivity index (χ1) is 10.6. The van der Waals surface area contributed by atoms with Crippen molar-refractivity contribution in [2.45, 2.75) is 25.3 Å². The molecule has 0 bridgehead atoms. The molecule has 1 atom stereocenters. The van der Waals surface area contributed by atoms with Crippen molar-refractivity contribution in [3.05, 3.63) is 28.3 Å². The molecule has 0 radical (unpaired) electrons. The molecule has 22 heavy (non-hydrogen) atoms. The van der Waals surface area contributed by atoms with Crippen molar-refractivity contribution >= 4 is 17.2 Å². The van der Waals surface area contributed by atoms with E-state index in [4.69, 9.17) is 4.74 Å². The average Bonchev–Trinajstić information content (AvgIpc) is 3.16. The fraction of sp³-hybridized carbons (Fsp3) is 0.500. The molecular weight excluding hydrogens is 298 g/mol. The zero-order chi connectivity index (χ0) is 15.3. The number of rotatable bonds is 2. The van der Waals surface area contributed by atoms with Crippen molar-refractivity contribution in [3.63, 3.8) is 0 Å². The van der Waals surface area contributed by atoms with E-state index >= 15 is 0 Å². The van der Waals surface area contributed by atoms with Gasteiger partial charge in [-0.2, -0.15) is 0 Å². The van der Waals surface area contributed by atoms with Gasteiger partial charge < -0.3 is 14.2 Å². The van der Waals surface area contributed by atoms with E-state index in [2.05, 4.69) is 4.98 Å². The monoisotopic (exact) mass is 317 g/mol. The first kappa shape index (κ1) is 14.0. The Kier molecular flexibility index (Phi) is 3.13. The Bertz CT molecular complexity index is 728. The zero-order valence-corrected chi connectivity index (χ0v) is 13.7. The first-order valence-corrected chi connectivity index (χ1v) is 8.46. The summed E-state index contributed by atoms with van der Waals surface area (Å²) in [5.74, 6) is 0.109. The minimum atomic E-state index is -0.0429. The SMILES string of the molecule is Cc1nc(-c2cc(C(=O)N3CCC34CCOC4)n(C)c2)cs1. The average molecular weight is 317 g/mol. The highest BCUT2D eigenvalue weighted by Gasteiger charge is 2.50. The van der Waals surface area contributed by atoms with Gasteiger partial charge >= 0.3 is 0 Å². The lowest BCUT2D eigenvalue weighted by Gasteiger charge is -2.49. The second kappa shape index (κ2) is 4.93. The maximum atomic E-state index is 12.9. The molecule has 2 fully saturated rings. The molecule has 4 rings (SSSR count). The molecule has 1 spiro atoms. The molecule has 0 saturated carbocycles. The summed E-state index contributed by atoms with van der Waals surface area (Å²) in [5.41, 5.74) is 2.64. The number of carbonyl (C=O) groups excluding carboxylic acids is 1. The molecule has 2 aliphatic rings. The van der Waals surface area contributed by atoms with E-state index in [0.717, 1.165) is 48.0 Å². The first-order valence-electron chi connectivity index (χ1n) is 7.58. The van der Waals surface area contributed by atoms with E-state index in [9.17, 15) is 4.79 Å². The molecule has 0 N–H and O–H groups in total. The smallest absolute Gasteiger partial charge is 0.271 e. The Labute approximate surface area is 133 Å². The van der Waals surface area contributed by atoms with Gasteiger partial charge in [0.1, 0.15) is 5.69 Å². The van der Waals surface area contributed by atoms with Gasteiger partial charge in [-0.1, -0.05) is 0 Å². The van der Waals surface area contributed by atoms with Gasteiger partial charge in [0, 0.05) is 37.3 Å². The van der Waals surface area contributed by atoms with E-state index in [1.807, 2.05) is 41.1 Å². The largest absolute Gasteiger partial charge is 0.379 e. The molecule has 2 aromatic heterocycles. The van der Waals surface area contributed by atoms with E-state index in [1.54, 1.807) is 11.3 Å². The topological polar surface area (TPSA) is 47.4 Å². The summed E-state index contributed by atoms with van der Waals surface area (Å²) in [6.45, 7) is 4.27. The Morgan fingerprint density at radius 3 is 2.91 bits per heavy atom. The maximum Gasteiger partial charge on any atom is 0.271 e. The second-order valence-corrected chi connectivity index (χ2v) is 7.27. The number of thiazole rings is 1. The van der Waals surface area contributed by atoms with E-state index in [1.165, 1.54) is 0 Å². The van der Waals surface area contributed by atoms with Gasteiger partial charge in [-0.25, -0.2) is 4.98 Å². The number of aromatic nitrogens is 2. The summed E-state index contributed by atoms with van der Waals surface area (Å²) < 4.78 is 7.43. The van der Waals surface area contributed by atoms with Crippen LogP contribution in [-0.4, -0.2) is 45.7 Å².